The Labute approximate surface area is 124 Å². The smallest absolute Gasteiger partial charge is 0.243 e. The monoisotopic (exact) mass is 309 g/mol. The molecule has 0 aromatic heterocycles. The number of amides is 1. The second kappa shape index (κ2) is 5.08. The molecule has 0 bridgehead atoms. The maximum Gasteiger partial charge on any atom is 0.243 e. The van der Waals surface area contributed by atoms with Crippen LogP contribution in [-0.4, -0.2) is 44.3 Å². The topological polar surface area (TPSA) is 83.7 Å². The Morgan fingerprint density at radius 3 is 2.71 bits per heavy atom. The maximum absolute atomic E-state index is 12.6. The normalized spacial score (nSPS) is 22.6. The lowest BCUT2D eigenvalue weighted by atomic mass is 10.2. The number of carbonyl (C=O) groups is 1. The molecule has 1 aromatic carbocycles. The molecule has 2 N–H and O–H groups in total. The highest BCUT2D eigenvalue weighted by Crippen LogP contribution is 2.32. The molecule has 0 radical (unpaired) electrons. The van der Waals surface area contributed by atoms with E-state index < -0.39 is 10.0 Å². The van der Waals surface area contributed by atoms with E-state index in [1.807, 2.05) is 0 Å². The van der Waals surface area contributed by atoms with E-state index in [0.717, 1.165) is 12.0 Å². The predicted molar refractivity (Wildman–Crippen MR) is 79.5 cm³/mol. The highest BCUT2D eigenvalue weighted by molar-refractivity contribution is 7.89. The first-order chi connectivity index (χ1) is 9.89. The van der Waals surface area contributed by atoms with Gasteiger partial charge < -0.3 is 10.6 Å². The van der Waals surface area contributed by atoms with Crippen molar-refractivity contribution in [3.63, 3.8) is 0 Å². The SMILES string of the molecule is CC(=O)N1CCc2ccc(S(=O)(=O)N3CCC(N)C3)cc21. The largest absolute Gasteiger partial charge is 0.326 e. The van der Waals surface area contributed by atoms with Crippen molar-refractivity contribution in [1.29, 1.82) is 0 Å². The summed E-state index contributed by atoms with van der Waals surface area (Å²) in [5.41, 5.74) is 7.52. The average Bonchev–Trinajstić information content (AvgIpc) is 3.03. The molecule has 1 fully saturated rings. The fourth-order valence-corrected chi connectivity index (χ4v) is 4.50. The number of anilines is 1. The summed E-state index contributed by atoms with van der Waals surface area (Å²) in [5, 5.41) is 0. The van der Waals surface area contributed by atoms with Crippen molar-refractivity contribution >= 4 is 21.6 Å². The van der Waals surface area contributed by atoms with Crippen molar-refractivity contribution in [2.24, 2.45) is 5.73 Å². The molecule has 3 rings (SSSR count). The zero-order valence-corrected chi connectivity index (χ0v) is 12.8. The van der Waals surface area contributed by atoms with Gasteiger partial charge in [0, 0.05) is 38.3 Å². The van der Waals surface area contributed by atoms with Crippen molar-refractivity contribution in [3.8, 4) is 0 Å². The minimum Gasteiger partial charge on any atom is -0.326 e. The fraction of sp³-hybridized carbons (Fsp3) is 0.500. The lowest BCUT2D eigenvalue weighted by Crippen LogP contribution is -2.32. The Balaban J connectivity index is 1.97. The summed E-state index contributed by atoms with van der Waals surface area (Å²) in [6, 6.07) is 4.95. The van der Waals surface area contributed by atoms with Crippen LogP contribution in [0, 0.1) is 0 Å². The Hall–Kier alpha value is -1.44. The van der Waals surface area contributed by atoms with Crippen LogP contribution in [0.3, 0.4) is 0 Å². The number of carbonyl (C=O) groups excluding carboxylic acids is 1. The second-order valence-electron chi connectivity index (χ2n) is 5.62. The van der Waals surface area contributed by atoms with Gasteiger partial charge in [0.15, 0.2) is 0 Å². The Morgan fingerprint density at radius 2 is 2.10 bits per heavy atom. The minimum absolute atomic E-state index is 0.0634. The summed E-state index contributed by atoms with van der Waals surface area (Å²) in [6.07, 6.45) is 1.45. The van der Waals surface area contributed by atoms with Crippen LogP contribution in [0.5, 0.6) is 0 Å². The molecule has 0 saturated carbocycles. The molecule has 1 unspecified atom stereocenters. The van der Waals surface area contributed by atoms with Crippen molar-refractivity contribution in [2.45, 2.75) is 30.7 Å². The third kappa shape index (κ3) is 2.45. The van der Waals surface area contributed by atoms with Gasteiger partial charge in [-0.15, -0.1) is 0 Å². The van der Waals surface area contributed by atoms with Gasteiger partial charge in [-0.2, -0.15) is 4.31 Å². The molecule has 0 spiro atoms. The predicted octanol–water partition coefficient (Wildman–Crippen LogP) is 0.317. The van der Waals surface area contributed by atoms with Crippen LogP contribution in [0.4, 0.5) is 5.69 Å². The van der Waals surface area contributed by atoms with Gasteiger partial charge in [-0.1, -0.05) is 6.07 Å². The van der Waals surface area contributed by atoms with Crippen LogP contribution >= 0.6 is 0 Å². The van der Waals surface area contributed by atoms with Gasteiger partial charge in [0.2, 0.25) is 15.9 Å². The van der Waals surface area contributed by atoms with Gasteiger partial charge in [-0.05, 0) is 30.5 Å². The van der Waals surface area contributed by atoms with Crippen LogP contribution in [-0.2, 0) is 21.2 Å². The molecule has 2 heterocycles. The number of sulfonamides is 1. The number of rotatable bonds is 2. The number of hydrogen-bond acceptors (Lipinski definition) is 4. The van der Waals surface area contributed by atoms with Crippen LogP contribution < -0.4 is 10.6 Å². The number of benzene rings is 1. The van der Waals surface area contributed by atoms with Crippen LogP contribution in [0.25, 0.3) is 0 Å². The highest BCUT2D eigenvalue weighted by Gasteiger charge is 2.32. The zero-order valence-electron chi connectivity index (χ0n) is 11.9. The Bertz CT molecular complexity index is 687. The maximum atomic E-state index is 12.6. The molecular formula is C14H19N3O3S. The van der Waals surface area contributed by atoms with Crippen LogP contribution in [0.1, 0.15) is 18.9 Å². The van der Waals surface area contributed by atoms with Crippen LogP contribution in [0.15, 0.2) is 23.1 Å². The van der Waals surface area contributed by atoms with E-state index in [0.29, 0.717) is 31.7 Å². The Morgan fingerprint density at radius 1 is 1.33 bits per heavy atom. The van der Waals surface area contributed by atoms with Gasteiger partial charge in [0.1, 0.15) is 0 Å². The number of fused-ring (bicyclic) bond motifs is 1. The second-order valence-corrected chi connectivity index (χ2v) is 7.56. The molecular weight excluding hydrogens is 290 g/mol. The lowest BCUT2D eigenvalue weighted by molar-refractivity contribution is -0.116. The molecule has 21 heavy (non-hydrogen) atoms. The Kier molecular flexibility index (Phi) is 3.51. The quantitative estimate of drug-likeness (QED) is 0.852. The summed E-state index contributed by atoms with van der Waals surface area (Å²) in [4.78, 5) is 13.5. The van der Waals surface area contributed by atoms with E-state index in [1.165, 1.54) is 11.2 Å². The lowest BCUT2D eigenvalue weighted by Gasteiger charge is -2.19. The summed E-state index contributed by atoms with van der Waals surface area (Å²) >= 11 is 0. The van der Waals surface area contributed by atoms with Crippen molar-refractivity contribution in [1.82, 2.24) is 4.31 Å². The minimum atomic E-state index is -3.53. The van der Waals surface area contributed by atoms with Gasteiger partial charge in [-0.25, -0.2) is 8.42 Å². The third-order valence-electron chi connectivity index (χ3n) is 4.16. The molecule has 0 aliphatic carbocycles. The summed E-state index contributed by atoms with van der Waals surface area (Å²) < 4.78 is 26.7. The van der Waals surface area contributed by atoms with Crippen molar-refractivity contribution in [3.05, 3.63) is 23.8 Å². The summed E-state index contributed by atoms with van der Waals surface area (Å²) in [5.74, 6) is -0.0634. The van der Waals surface area contributed by atoms with Gasteiger partial charge in [-0.3, -0.25) is 4.79 Å². The highest BCUT2D eigenvalue weighted by atomic mass is 32.2. The molecule has 6 nitrogen and oxygen atoms in total. The zero-order chi connectivity index (χ0) is 15.2. The van der Waals surface area contributed by atoms with E-state index in [4.69, 9.17) is 5.73 Å². The van der Waals surface area contributed by atoms with E-state index in [2.05, 4.69) is 0 Å². The first kappa shape index (κ1) is 14.5. The standard InChI is InChI=1S/C14H19N3O3S/c1-10(18)17-7-4-11-2-3-13(8-14(11)17)21(19,20)16-6-5-12(15)9-16/h2-3,8,12H,4-7,9,15H2,1H3. The summed E-state index contributed by atoms with van der Waals surface area (Å²) in [6.45, 7) is 2.92. The summed E-state index contributed by atoms with van der Waals surface area (Å²) in [7, 11) is -3.53. The molecule has 1 atom stereocenters. The number of hydrogen-bond donors (Lipinski definition) is 1. The molecule has 2 aliphatic rings. The van der Waals surface area contributed by atoms with Crippen LogP contribution in [0.2, 0.25) is 0 Å². The van der Waals surface area contributed by atoms with E-state index in [9.17, 15) is 13.2 Å². The van der Waals surface area contributed by atoms with E-state index >= 15 is 0 Å². The third-order valence-corrected chi connectivity index (χ3v) is 6.02. The van der Waals surface area contributed by atoms with Crippen molar-refractivity contribution in [2.75, 3.05) is 24.5 Å². The number of nitrogens with zero attached hydrogens (tertiary/aromatic N) is 2. The fourth-order valence-electron chi connectivity index (χ4n) is 2.97. The van der Waals surface area contributed by atoms with Gasteiger partial charge >= 0.3 is 0 Å². The molecule has 114 valence electrons. The average molecular weight is 309 g/mol. The molecule has 1 saturated heterocycles. The molecule has 2 aliphatic heterocycles. The van der Waals surface area contributed by atoms with Gasteiger partial charge in [0.25, 0.3) is 0 Å². The van der Waals surface area contributed by atoms with E-state index in [1.54, 1.807) is 23.1 Å². The van der Waals surface area contributed by atoms with Crippen molar-refractivity contribution < 1.29 is 13.2 Å². The molecule has 1 aromatic rings. The first-order valence-corrected chi connectivity index (χ1v) is 8.50. The number of nitrogens with two attached hydrogens (primary N) is 1. The molecule has 7 heteroatoms. The molecule has 1 amide bonds. The van der Waals surface area contributed by atoms with E-state index in [-0.39, 0.29) is 16.8 Å². The first-order valence-electron chi connectivity index (χ1n) is 7.06. The van der Waals surface area contributed by atoms with Gasteiger partial charge in [0.05, 0.1) is 4.90 Å².